The van der Waals surface area contributed by atoms with Crippen LogP contribution in [0.15, 0.2) is 0 Å². The summed E-state index contributed by atoms with van der Waals surface area (Å²) in [6, 6.07) is 0.0579. The van der Waals surface area contributed by atoms with Crippen molar-refractivity contribution in [1.29, 1.82) is 0 Å². The van der Waals surface area contributed by atoms with Gasteiger partial charge in [0.15, 0.2) is 4.87 Å². The topological polar surface area (TPSA) is 61.4 Å². The highest BCUT2D eigenvalue weighted by atomic mass is 32.2. The molecule has 2 saturated heterocycles. The van der Waals surface area contributed by atoms with Gasteiger partial charge in [0, 0.05) is 23.9 Å². The summed E-state index contributed by atoms with van der Waals surface area (Å²) in [4.78, 5) is 10.4. The number of hydrogen-bond donors (Lipinski definition) is 3. The number of rotatable bonds is 2. The molecule has 13 heavy (non-hydrogen) atoms. The van der Waals surface area contributed by atoms with E-state index in [2.05, 4.69) is 10.6 Å². The Morgan fingerprint density at radius 3 is 2.92 bits per heavy atom. The monoisotopic (exact) mass is 220 g/mol. The molecule has 0 radical (unpaired) electrons. The molecular formula is C7H12N2O2S2. The summed E-state index contributed by atoms with van der Waals surface area (Å²) in [5.74, 6) is 1.89. The lowest BCUT2D eigenvalue weighted by atomic mass is 10.1. The molecule has 0 aromatic heterocycles. The minimum absolute atomic E-state index is 0.0579. The SMILES string of the molecule is O=C(O)C1(C2CSCN2)NCCS1. The number of aliphatic carboxylic acids is 1. The van der Waals surface area contributed by atoms with Gasteiger partial charge in [-0.1, -0.05) is 0 Å². The number of carbonyl (C=O) groups is 1. The third-order valence-corrected chi connectivity index (χ3v) is 4.75. The fourth-order valence-corrected chi connectivity index (χ4v) is 4.03. The van der Waals surface area contributed by atoms with Crippen molar-refractivity contribution in [2.75, 3.05) is 23.9 Å². The first kappa shape index (κ1) is 9.64. The molecule has 2 aliphatic rings. The molecule has 0 spiro atoms. The number of carboxylic acids is 1. The summed E-state index contributed by atoms with van der Waals surface area (Å²) >= 11 is 3.27. The van der Waals surface area contributed by atoms with E-state index in [1.807, 2.05) is 0 Å². The molecule has 2 fully saturated rings. The van der Waals surface area contributed by atoms with Crippen LogP contribution in [0.25, 0.3) is 0 Å². The van der Waals surface area contributed by atoms with E-state index in [0.717, 1.165) is 23.9 Å². The summed E-state index contributed by atoms with van der Waals surface area (Å²) < 4.78 is 0. The normalized spacial score (nSPS) is 39.5. The van der Waals surface area contributed by atoms with E-state index in [0.29, 0.717) is 0 Å². The molecule has 2 heterocycles. The van der Waals surface area contributed by atoms with Gasteiger partial charge in [-0.25, -0.2) is 4.79 Å². The molecular weight excluding hydrogens is 208 g/mol. The van der Waals surface area contributed by atoms with Gasteiger partial charge >= 0.3 is 5.97 Å². The minimum Gasteiger partial charge on any atom is -0.479 e. The van der Waals surface area contributed by atoms with Crippen LogP contribution in [0.1, 0.15) is 0 Å². The van der Waals surface area contributed by atoms with E-state index < -0.39 is 10.8 Å². The quantitative estimate of drug-likeness (QED) is 0.597. The van der Waals surface area contributed by atoms with Gasteiger partial charge in [0.1, 0.15) is 0 Å². The molecule has 6 heteroatoms. The maximum atomic E-state index is 11.2. The van der Waals surface area contributed by atoms with Gasteiger partial charge in [-0.3, -0.25) is 5.32 Å². The van der Waals surface area contributed by atoms with Crippen molar-refractivity contribution in [3.8, 4) is 0 Å². The Hall–Kier alpha value is 0.0900. The average molecular weight is 220 g/mol. The summed E-state index contributed by atoms with van der Waals surface area (Å²) in [7, 11) is 0. The summed E-state index contributed by atoms with van der Waals surface area (Å²) in [5.41, 5.74) is 0. The van der Waals surface area contributed by atoms with Gasteiger partial charge in [0.05, 0.1) is 6.04 Å². The fraction of sp³-hybridized carbons (Fsp3) is 0.857. The van der Waals surface area contributed by atoms with Crippen molar-refractivity contribution in [3.63, 3.8) is 0 Å². The predicted octanol–water partition coefficient (Wildman–Crippen LogP) is -0.234. The zero-order valence-corrected chi connectivity index (χ0v) is 8.71. The largest absolute Gasteiger partial charge is 0.479 e. The minimum atomic E-state index is -0.774. The van der Waals surface area contributed by atoms with Crippen molar-refractivity contribution in [3.05, 3.63) is 0 Å². The Kier molecular flexibility index (Phi) is 2.73. The van der Waals surface area contributed by atoms with Crippen molar-refractivity contribution >= 4 is 29.5 Å². The van der Waals surface area contributed by atoms with Crippen molar-refractivity contribution in [2.45, 2.75) is 10.9 Å². The molecule has 3 N–H and O–H groups in total. The lowest BCUT2D eigenvalue weighted by Gasteiger charge is -2.29. The van der Waals surface area contributed by atoms with Gasteiger partial charge in [-0.15, -0.1) is 23.5 Å². The first-order valence-corrected chi connectivity index (χ1v) is 6.33. The average Bonchev–Trinajstić information content (AvgIpc) is 2.75. The molecule has 0 bridgehead atoms. The Morgan fingerprint density at radius 2 is 2.46 bits per heavy atom. The van der Waals surface area contributed by atoms with Crippen molar-refractivity contribution in [1.82, 2.24) is 10.6 Å². The van der Waals surface area contributed by atoms with Gasteiger partial charge in [0.2, 0.25) is 0 Å². The molecule has 0 aromatic carbocycles. The Balaban J connectivity index is 2.16. The molecule has 0 aromatic rings. The molecule has 2 atom stereocenters. The van der Waals surface area contributed by atoms with Crippen LogP contribution in [0.5, 0.6) is 0 Å². The van der Waals surface area contributed by atoms with Crippen LogP contribution < -0.4 is 10.6 Å². The van der Waals surface area contributed by atoms with E-state index in [-0.39, 0.29) is 6.04 Å². The van der Waals surface area contributed by atoms with Crippen LogP contribution in [-0.2, 0) is 4.79 Å². The van der Waals surface area contributed by atoms with Crippen LogP contribution >= 0.6 is 23.5 Å². The summed E-state index contributed by atoms with van der Waals surface area (Å²) in [6.07, 6.45) is 0. The summed E-state index contributed by atoms with van der Waals surface area (Å²) in [6.45, 7) is 0.791. The first-order chi connectivity index (χ1) is 6.26. The second-order valence-electron chi connectivity index (χ2n) is 3.09. The molecule has 2 aliphatic heterocycles. The maximum Gasteiger partial charge on any atom is 0.336 e. The molecule has 0 aliphatic carbocycles. The van der Waals surface area contributed by atoms with Crippen molar-refractivity contribution < 1.29 is 9.90 Å². The molecule has 0 amide bonds. The van der Waals surface area contributed by atoms with Crippen LogP contribution in [0.4, 0.5) is 0 Å². The second-order valence-corrected chi connectivity index (χ2v) is 5.46. The lowest BCUT2D eigenvalue weighted by molar-refractivity contribution is -0.141. The lowest BCUT2D eigenvalue weighted by Crippen LogP contribution is -2.59. The molecule has 2 rings (SSSR count). The number of carboxylic acid groups (broad SMARTS) is 1. The molecule has 2 unspecified atom stereocenters. The smallest absolute Gasteiger partial charge is 0.336 e. The Bertz CT molecular complexity index is 213. The second kappa shape index (κ2) is 3.68. The van der Waals surface area contributed by atoms with E-state index in [9.17, 15) is 9.90 Å². The molecule has 0 saturated carbocycles. The Labute approximate surface area is 85.2 Å². The fourth-order valence-electron chi connectivity index (χ4n) is 1.67. The van der Waals surface area contributed by atoms with Gasteiger partial charge in [-0.05, 0) is 0 Å². The van der Waals surface area contributed by atoms with E-state index >= 15 is 0 Å². The zero-order chi connectivity index (χ0) is 9.31. The Morgan fingerprint density at radius 1 is 1.62 bits per heavy atom. The van der Waals surface area contributed by atoms with Crippen molar-refractivity contribution in [2.24, 2.45) is 0 Å². The van der Waals surface area contributed by atoms with Crippen LogP contribution in [0, 0.1) is 0 Å². The number of thioether (sulfide) groups is 2. The van der Waals surface area contributed by atoms with Crippen LogP contribution in [-0.4, -0.2) is 45.9 Å². The number of nitrogens with one attached hydrogen (secondary N) is 2. The van der Waals surface area contributed by atoms with E-state index in [1.165, 1.54) is 11.8 Å². The van der Waals surface area contributed by atoms with Crippen LogP contribution in [0.3, 0.4) is 0 Å². The highest BCUT2D eigenvalue weighted by molar-refractivity contribution is 8.02. The van der Waals surface area contributed by atoms with Crippen LogP contribution in [0.2, 0.25) is 0 Å². The highest BCUT2D eigenvalue weighted by Gasteiger charge is 2.49. The third kappa shape index (κ3) is 1.56. The van der Waals surface area contributed by atoms with Gasteiger partial charge in [0.25, 0.3) is 0 Å². The standard InChI is InChI=1S/C7H12N2O2S2/c10-6(11)7(9-1-2-13-7)5-3-12-4-8-5/h5,8-9H,1-4H2,(H,10,11). The highest BCUT2D eigenvalue weighted by Crippen LogP contribution is 2.34. The van der Waals surface area contributed by atoms with E-state index in [4.69, 9.17) is 0 Å². The first-order valence-electron chi connectivity index (χ1n) is 4.19. The zero-order valence-electron chi connectivity index (χ0n) is 7.08. The molecule has 4 nitrogen and oxygen atoms in total. The maximum absolute atomic E-state index is 11.2. The number of hydrogen-bond acceptors (Lipinski definition) is 5. The van der Waals surface area contributed by atoms with Gasteiger partial charge < -0.3 is 10.4 Å². The predicted molar refractivity (Wildman–Crippen MR) is 55.1 cm³/mol. The van der Waals surface area contributed by atoms with Gasteiger partial charge in [-0.2, -0.15) is 0 Å². The summed E-state index contributed by atoms with van der Waals surface area (Å²) in [5, 5.41) is 15.5. The van der Waals surface area contributed by atoms with E-state index in [1.54, 1.807) is 11.8 Å². The third-order valence-electron chi connectivity index (χ3n) is 2.34. The molecule has 74 valence electrons.